The van der Waals surface area contributed by atoms with E-state index in [-0.39, 0.29) is 0 Å². The Morgan fingerprint density at radius 2 is 1.81 bits per heavy atom. The van der Waals surface area contributed by atoms with E-state index in [1.807, 2.05) is 0 Å². The van der Waals surface area contributed by atoms with Gasteiger partial charge in [-0.3, -0.25) is 4.90 Å². The maximum atomic E-state index is 13.3. The van der Waals surface area contributed by atoms with Crippen LogP contribution in [0.3, 0.4) is 0 Å². The van der Waals surface area contributed by atoms with Crippen LogP contribution in [0.1, 0.15) is 12.5 Å². The van der Waals surface area contributed by atoms with E-state index in [1.54, 1.807) is 11.8 Å². The number of alkyl halides is 3. The maximum Gasteiger partial charge on any atom is 0.419 e. The highest BCUT2D eigenvalue weighted by Crippen LogP contribution is 2.34. The van der Waals surface area contributed by atoms with Gasteiger partial charge in [0.05, 0.1) is 11.7 Å². The minimum absolute atomic E-state index is 0.375. The number of benzene rings is 1. The minimum Gasteiger partial charge on any atom is -0.392 e. The standard InChI is InChI=1S/C14H18F4N2O/c1-10(21)9-19-4-6-20(7-5-19)11-2-3-13(15)12(8-11)14(16,17)18/h2-3,8,10,21H,4-7,9H2,1H3. The van der Waals surface area contributed by atoms with E-state index in [0.29, 0.717) is 38.4 Å². The van der Waals surface area contributed by atoms with Gasteiger partial charge in [0, 0.05) is 38.4 Å². The first-order chi connectivity index (χ1) is 9.77. The molecule has 0 aliphatic carbocycles. The van der Waals surface area contributed by atoms with Crippen LogP contribution in [0.2, 0.25) is 0 Å². The summed E-state index contributed by atoms with van der Waals surface area (Å²) in [5, 5.41) is 9.32. The predicted molar refractivity (Wildman–Crippen MR) is 71.7 cm³/mol. The van der Waals surface area contributed by atoms with Gasteiger partial charge >= 0.3 is 6.18 Å². The Labute approximate surface area is 120 Å². The third-order valence-corrected chi connectivity index (χ3v) is 3.52. The summed E-state index contributed by atoms with van der Waals surface area (Å²) in [6.45, 7) is 4.66. The second-order valence-electron chi connectivity index (χ2n) is 5.30. The van der Waals surface area contributed by atoms with E-state index in [2.05, 4.69) is 4.90 Å². The van der Waals surface area contributed by atoms with Crippen LogP contribution in [0, 0.1) is 5.82 Å². The quantitative estimate of drug-likeness (QED) is 0.869. The van der Waals surface area contributed by atoms with E-state index in [4.69, 9.17) is 0 Å². The molecule has 1 unspecified atom stereocenters. The van der Waals surface area contributed by atoms with Crippen LogP contribution in [-0.4, -0.2) is 48.8 Å². The highest BCUT2D eigenvalue weighted by atomic mass is 19.4. The maximum absolute atomic E-state index is 13.3. The van der Waals surface area contributed by atoms with E-state index < -0.39 is 23.7 Å². The molecule has 118 valence electrons. The molecule has 3 nitrogen and oxygen atoms in total. The van der Waals surface area contributed by atoms with Crippen LogP contribution in [-0.2, 0) is 6.18 Å². The van der Waals surface area contributed by atoms with Gasteiger partial charge in [-0.25, -0.2) is 4.39 Å². The molecule has 1 fully saturated rings. The lowest BCUT2D eigenvalue weighted by molar-refractivity contribution is -0.139. The fraction of sp³-hybridized carbons (Fsp3) is 0.571. The van der Waals surface area contributed by atoms with Crippen LogP contribution in [0.25, 0.3) is 0 Å². The van der Waals surface area contributed by atoms with Crippen molar-refractivity contribution in [3.05, 3.63) is 29.6 Å². The SMILES string of the molecule is CC(O)CN1CCN(c2ccc(F)c(C(F)(F)F)c2)CC1. The fourth-order valence-corrected chi connectivity index (χ4v) is 2.49. The van der Waals surface area contributed by atoms with Crippen LogP contribution < -0.4 is 4.90 Å². The normalized spacial score (nSPS) is 18.9. The van der Waals surface area contributed by atoms with Crippen molar-refractivity contribution in [2.45, 2.75) is 19.2 Å². The van der Waals surface area contributed by atoms with Crippen LogP contribution in [0.15, 0.2) is 18.2 Å². The topological polar surface area (TPSA) is 26.7 Å². The van der Waals surface area contributed by atoms with Crippen LogP contribution in [0.4, 0.5) is 23.2 Å². The molecule has 21 heavy (non-hydrogen) atoms. The zero-order valence-corrected chi connectivity index (χ0v) is 11.7. The van der Waals surface area contributed by atoms with Gasteiger partial charge < -0.3 is 10.0 Å². The van der Waals surface area contributed by atoms with Crippen LogP contribution >= 0.6 is 0 Å². The number of hydrogen-bond acceptors (Lipinski definition) is 3. The predicted octanol–water partition coefficient (Wildman–Crippen LogP) is 2.35. The molecule has 0 aromatic heterocycles. The highest BCUT2D eigenvalue weighted by Gasteiger charge is 2.34. The van der Waals surface area contributed by atoms with Gasteiger partial charge in [0.1, 0.15) is 5.82 Å². The fourth-order valence-electron chi connectivity index (χ4n) is 2.49. The first kappa shape index (κ1) is 16.0. The number of β-amino-alcohol motifs (C(OH)–C–C–N with tert-alkyl or cyclic N) is 1. The third kappa shape index (κ3) is 4.07. The Kier molecular flexibility index (Phi) is 4.73. The lowest BCUT2D eigenvalue weighted by atomic mass is 10.1. The van der Waals surface area contributed by atoms with Gasteiger partial charge in [0.25, 0.3) is 0 Å². The second kappa shape index (κ2) is 6.19. The monoisotopic (exact) mass is 306 g/mol. The van der Waals surface area contributed by atoms with Crippen molar-refractivity contribution in [2.24, 2.45) is 0 Å². The van der Waals surface area contributed by atoms with Crippen molar-refractivity contribution in [2.75, 3.05) is 37.6 Å². The molecule has 1 heterocycles. The second-order valence-corrected chi connectivity index (χ2v) is 5.30. The van der Waals surface area contributed by atoms with Gasteiger partial charge in [-0.05, 0) is 25.1 Å². The minimum atomic E-state index is -4.69. The number of nitrogens with zero attached hydrogens (tertiary/aromatic N) is 2. The number of hydrogen-bond donors (Lipinski definition) is 1. The molecule has 1 saturated heterocycles. The molecule has 1 atom stereocenters. The number of aliphatic hydroxyl groups is 1. The molecule has 1 aliphatic rings. The van der Waals surface area contributed by atoms with E-state index in [0.717, 1.165) is 12.1 Å². The molecule has 0 bridgehead atoms. The number of aliphatic hydroxyl groups excluding tert-OH is 1. The Morgan fingerprint density at radius 3 is 2.33 bits per heavy atom. The number of piperazine rings is 1. The Bertz CT molecular complexity index is 482. The molecule has 1 N–H and O–H groups in total. The van der Waals surface area contributed by atoms with E-state index >= 15 is 0 Å². The average Bonchev–Trinajstić information content (AvgIpc) is 2.38. The summed E-state index contributed by atoms with van der Waals surface area (Å²) in [6.07, 6.45) is -5.12. The number of rotatable bonds is 3. The first-order valence-corrected chi connectivity index (χ1v) is 6.79. The third-order valence-electron chi connectivity index (χ3n) is 3.52. The molecule has 2 rings (SSSR count). The molecule has 0 spiro atoms. The molecule has 7 heteroatoms. The van der Waals surface area contributed by atoms with Crippen molar-refractivity contribution < 1.29 is 22.7 Å². The zero-order valence-electron chi connectivity index (χ0n) is 11.7. The Hall–Kier alpha value is -1.34. The molecule has 0 saturated carbocycles. The molecular formula is C14H18F4N2O. The first-order valence-electron chi connectivity index (χ1n) is 6.79. The van der Waals surface area contributed by atoms with Gasteiger partial charge in [-0.15, -0.1) is 0 Å². The largest absolute Gasteiger partial charge is 0.419 e. The van der Waals surface area contributed by atoms with E-state index in [1.165, 1.54) is 6.07 Å². The molecular weight excluding hydrogens is 288 g/mol. The number of halogens is 4. The van der Waals surface area contributed by atoms with E-state index in [9.17, 15) is 22.7 Å². The molecule has 0 radical (unpaired) electrons. The highest BCUT2D eigenvalue weighted by molar-refractivity contribution is 5.50. The summed E-state index contributed by atoms with van der Waals surface area (Å²) in [7, 11) is 0. The summed E-state index contributed by atoms with van der Waals surface area (Å²) in [5.41, 5.74) is -0.855. The van der Waals surface area contributed by atoms with Crippen molar-refractivity contribution in [1.29, 1.82) is 0 Å². The van der Waals surface area contributed by atoms with Crippen LogP contribution in [0.5, 0.6) is 0 Å². The Balaban J connectivity index is 2.07. The number of anilines is 1. The lowest BCUT2D eigenvalue weighted by Crippen LogP contribution is -2.48. The van der Waals surface area contributed by atoms with Gasteiger partial charge in [0.2, 0.25) is 0 Å². The van der Waals surface area contributed by atoms with Gasteiger partial charge in [-0.2, -0.15) is 13.2 Å². The molecule has 0 amide bonds. The smallest absolute Gasteiger partial charge is 0.392 e. The summed E-state index contributed by atoms with van der Waals surface area (Å²) in [4.78, 5) is 3.85. The van der Waals surface area contributed by atoms with Gasteiger partial charge in [-0.1, -0.05) is 0 Å². The molecule has 1 aromatic carbocycles. The van der Waals surface area contributed by atoms with Gasteiger partial charge in [0.15, 0.2) is 0 Å². The van der Waals surface area contributed by atoms with Crippen molar-refractivity contribution in [3.8, 4) is 0 Å². The zero-order chi connectivity index (χ0) is 15.6. The average molecular weight is 306 g/mol. The van der Waals surface area contributed by atoms with Crippen molar-refractivity contribution >= 4 is 5.69 Å². The van der Waals surface area contributed by atoms with Crippen molar-refractivity contribution in [3.63, 3.8) is 0 Å². The summed E-state index contributed by atoms with van der Waals surface area (Å²) < 4.78 is 51.4. The molecule has 1 aromatic rings. The van der Waals surface area contributed by atoms with Crippen molar-refractivity contribution in [1.82, 2.24) is 4.90 Å². The summed E-state index contributed by atoms with van der Waals surface area (Å²) in [5.74, 6) is -1.25. The Morgan fingerprint density at radius 1 is 1.19 bits per heavy atom. The summed E-state index contributed by atoms with van der Waals surface area (Å²) >= 11 is 0. The summed E-state index contributed by atoms with van der Waals surface area (Å²) in [6, 6.07) is 3.09. The lowest BCUT2D eigenvalue weighted by Gasteiger charge is -2.36. The molecule has 1 aliphatic heterocycles.